The summed E-state index contributed by atoms with van der Waals surface area (Å²) in [5, 5.41) is 8.96. The highest BCUT2D eigenvalue weighted by Gasteiger charge is 2.33. The third-order valence-electron chi connectivity index (χ3n) is 3.47. The predicted octanol–water partition coefficient (Wildman–Crippen LogP) is 4.12. The molecule has 0 fully saturated rings. The van der Waals surface area contributed by atoms with Gasteiger partial charge >= 0.3 is 6.18 Å². The zero-order chi connectivity index (χ0) is 19.2. The fourth-order valence-electron chi connectivity index (χ4n) is 2.22. The van der Waals surface area contributed by atoms with Crippen molar-refractivity contribution < 1.29 is 17.6 Å². The zero-order valence-corrected chi connectivity index (χ0v) is 15.3. The molecule has 0 radical (unpaired) electrons. The number of aromatic nitrogens is 1. The fraction of sp³-hybridized carbons (Fsp3) is 0.412. The van der Waals surface area contributed by atoms with Crippen LogP contribution in [-0.2, 0) is 25.7 Å². The van der Waals surface area contributed by atoms with Gasteiger partial charge in [-0.15, -0.1) is 11.3 Å². The number of thiazole rings is 1. The van der Waals surface area contributed by atoms with Crippen molar-refractivity contribution in [2.75, 3.05) is 6.54 Å². The van der Waals surface area contributed by atoms with Gasteiger partial charge in [0.1, 0.15) is 5.82 Å². The molecule has 1 heterocycles. The van der Waals surface area contributed by atoms with Gasteiger partial charge in [-0.1, -0.05) is 13.0 Å². The fourth-order valence-corrected chi connectivity index (χ4v) is 2.97. The lowest BCUT2D eigenvalue weighted by Crippen LogP contribution is -2.36. The molecule has 0 spiro atoms. The minimum Gasteiger partial charge on any atom is -0.357 e. The molecule has 0 saturated carbocycles. The van der Waals surface area contributed by atoms with E-state index in [-0.39, 0.29) is 12.1 Å². The second-order valence-electron chi connectivity index (χ2n) is 5.43. The van der Waals surface area contributed by atoms with Crippen LogP contribution in [0.25, 0.3) is 0 Å². The lowest BCUT2D eigenvalue weighted by atomic mass is 10.1. The quantitative estimate of drug-likeness (QED) is 0.445. The van der Waals surface area contributed by atoms with Crippen molar-refractivity contribution in [2.45, 2.75) is 39.5 Å². The highest BCUT2D eigenvalue weighted by Crippen LogP contribution is 2.32. The van der Waals surface area contributed by atoms with Gasteiger partial charge in [0.05, 0.1) is 29.4 Å². The molecular formula is C17H20F4N4S. The Hall–Kier alpha value is -2.16. The summed E-state index contributed by atoms with van der Waals surface area (Å²) in [6.07, 6.45) is -3.78. The average molecular weight is 388 g/mol. The second kappa shape index (κ2) is 8.98. The van der Waals surface area contributed by atoms with Gasteiger partial charge in [-0.05, 0) is 31.0 Å². The lowest BCUT2D eigenvalue weighted by molar-refractivity contribution is -0.138. The van der Waals surface area contributed by atoms with Crippen LogP contribution in [0.5, 0.6) is 0 Å². The summed E-state index contributed by atoms with van der Waals surface area (Å²) in [7, 11) is 0. The van der Waals surface area contributed by atoms with E-state index in [1.54, 1.807) is 11.3 Å². The van der Waals surface area contributed by atoms with E-state index in [0.29, 0.717) is 25.1 Å². The van der Waals surface area contributed by atoms with Crippen molar-refractivity contribution in [2.24, 2.45) is 4.99 Å². The summed E-state index contributed by atoms with van der Waals surface area (Å²) in [4.78, 5) is 8.60. The molecule has 1 aromatic carbocycles. The molecule has 0 aliphatic rings. The minimum atomic E-state index is -4.63. The van der Waals surface area contributed by atoms with Gasteiger partial charge in [-0.2, -0.15) is 13.2 Å². The first-order valence-electron chi connectivity index (χ1n) is 8.14. The molecule has 9 heteroatoms. The Kier molecular flexibility index (Phi) is 6.96. The molecule has 2 rings (SSSR count). The first-order chi connectivity index (χ1) is 12.3. The summed E-state index contributed by atoms with van der Waals surface area (Å²) in [5.74, 6) is -0.554. The molecule has 0 unspecified atom stereocenters. The number of rotatable bonds is 6. The molecule has 2 aromatic rings. The molecule has 4 nitrogen and oxygen atoms in total. The van der Waals surface area contributed by atoms with Crippen LogP contribution in [0.1, 0.15) is 35.7 Å². The van der Waals surface area contributed by atoms with Crippen LogP contribution in [0, 0.1) is 5.82 Å². The van der Waals surface area contributed by atoms with E-state index in [9.17, 15) is 17.6 Å². The van der Waals surface area contributed by atoms with Crippen LogP contribution in [0.4, 0.5) is 17.6 Å². The van der Waals surface area contributed by atoms with E-state index in [0.717, 1.165) is 29.3 Å². The first-order valence-corrected chi connectivity index (χ1v) is 9.02. The van der Waals surface area contributed by atoms with Crippen LogP contribution < -0.4 is 10.6 Å². The third kappa shape index (κ3) is 5.69. The Morgan fingerprint density at radius 3 is 2.62 bits per heavy atom. The number of aryl methyl sites for hydroxylation is 1. The molecule has 26 heavy (non-hydrogen) atoms. The van der Waals surface area contributed by atoms with Crippen molar-refractivity contribution >= 4 is 17.3 Å². The van der Waals surface area contributed by atoms with Crippen LogP contribution in [0.2, 0.25) is 0 Å². The maximum absolute atomic E-state index is 13.2. The minimum absolute atomic E-state index is 0.0852. The van der Waals surface area contributed by atoms with Gasteiger partial charge in [0.15, 0.2) is 5.96 Å². The number of nitrogens with one attached hydrogen (secondary N) is 2. The summed E-state index contributed by atoms with van der Waals surface area (Å²) in [6, 6.07) is 2.61. The van der Waals surface area contributed by atoms with E-state index in [4.69, 9.17) is 0 Å². The highest BCUT2D eigenvalue weighted by molar-refractivity contribution is 7.09. The van der Waals surface area contributed by atoms with E-state index < -0.39 is 17.6 Å². The Balaban J connectivity index is 2.11. The Morgan fingerprint density at radius 2 is 2.00 bits per heavy atom. The molecule has 1 aromatic heterocycles. The van der Waals surface area contributed by atoms with Gasteiger partial charge in [0, 0.05) is 11.9 Å². The van der Waals surface area contributed by atoms with Crippen LogP contribution in [-0.4, -0.2) is 17.5 Å². The van der Waals surface area contributed by atoms with Gasteiger partial charge in [-0.25, -0.2) is 14.4 Å². The number of aliphatic imine (C=N–C) groups is 1. The SMILES string of the molecule is CCNC(=NCc1ccc(F)cc1C(F)(F)F)NCc1csc(CC)n1. The van der Waals surface area contributed by atoms with Crippen LogP contribution in [0.15, 0.2) is 28.6 Å². The largest absolute Gasteiger partial charge is 0.416 e. The van der Waals surface area contributed by atoms with Crippen molar-refractivity contribution in [3.05, 3.63) is 51.2 Å². The van der Waals surface area contributed by atoms with Gasteiger partial charge < -0.3 is 10.6 Å². The average Bonchev–Trinajstić information content (AvgIpc) is 3.05. The van der Waals surface area contributed by atoms with Crippen molar-refractivity contribution in [1.29, 1.82) is 0 Å². The smallest absolute Gasteiger partial charge is 0.357 e. The summed E-state index contributed by atoms with van der Waals surface area (Å²) >= 11 is 1.56. The predicted molar refractivity (Wildman–Crippen MR) is 94.5 cm³/mol. The molecule has 0 atom stereocenters. The zero-order valence-electron chi connectivity index (χ0n) is 14.5. The summed E-state index contributed by atoms with van der Waals surface area (Å²) in [5.41, 5.74) is -0.252. The molecule has 0 aliphatic heterocycles. The van der Waals surface area contributed by atoms with Gasteiger partial charge in [-0.3, -0.25) is 0 Å². The molecule has 0 saturated heterocycles. The van der Waals surface area contributed by atoms with Crippen molar-refractivity contribution in [3.8, 4) is 0 Å². The van der Waals surface area contributed by atoms with E-state index in [1.165, 1.54) is 0 Å². The normalized spacial score (nSPS) is 12.3. The lowest BCUT2D eigenvalue weighted by Gasteiger charge is -2.13. The number of alkyl halides is 3. The molecule has 2 N–H and O–H groups in total. The number of halogens is 4. The Labute approximate surface area is 153 Å². The summed E-state index contributed by atoms with van der Waals surface area (Å²) in [6.45, 7) is 4.62. The Morgan fingerprint density at radius 1 is 1.23 bits per heavy atom. The molecule has 0 amide bonds. The van der Waals surface area contributed by atoms with Gasteiger partial charge in [0.25, 0.3) is 0 Å². The molecule has 142 valence electrons. The monoisotopic (exact) mass is 388 g/mol. The van der Waals surface area contributed by atoms with E-state index >= 15 is 0 Å². The second-order valence-corrected chi connectivity index (χ2v) is 6.38. The number of hydrogen-bond donors (Lipinski definition) is 2. The van der Waals surface area contributed by atoms with Crippen LogP contribution in [0.3, 0.4) is 0 Å². The maximum atomic E-state index is 13.2. The molecular weight excluding hydrogens is 368 g/mol. The number of guanidine groups is 1. The number of hydrogen-bond acceptors (Lipinski definition) is 3. The molecule has 0 bridgehead atoms. The van der Waals surface area contributed by atoms with E-state index in [1.807, 2.05) is 19.2 Å². The molecule has 0 aliphatic carbocycles. The maximum Gasteiger partial charge on any atom is 0.416 e. The van der Waals surface area contributed by atoms with E-state index in [2.05, 4.69) is 20.6 Å². The number of benzene rings is 1. The Bertz CT molecular complexity index is 755. The van der Waals surface area contributed by atoms with Gasteiger partial charge in [0.2, 0.25) is 0 Å². The third-order valence-corrected chi connectivity index (χ3v) is 4.51. The topological polar surface area (TPSA) is 49.3 Å². The first kappa shape index (κ1) is 20.2. The highest BCUT2D eigenvalue weighted by atomic mass is 32.1. The van der Waals surface area contributed by atoms with Crippen LogP contribution >= 0.6 is 11.3 Å². The number of nitrogens with zero attached hydrogens (tertiary/aromatic N) is 2. The van der Waals surface area contributed by atoms with Crippen molar-refractivity contribution in [1.82, 2.24) is 15.6 Å². The summed E-state index contributed by atoms with van der Waals surface area (Å²) < 4.78 is 52.3. The van der Waals surface area contributed by atoms with Crippen molar-refractivity contribution in [3.63, 3.8) is 0 Å². The standard InChI is InChI=1S/C17H20F4N4S/c1-3-15-25-13(10-26-15)9-24-16(22-4-2)23-8-11-5-6-12(18)7-14(11)17(19,20)21/h5-7,10H,3-4,8-9H2,1-2H3,(H2,22,23,24).